The number of halogens is 1. The summed E-state index contributed by atoms with van der Waals surface area (Å²) in [5, 5.41) is 6.44. The number of rotatable bonds is 7. The molecule has 38 heavy (non-hydrogen) atoms. The van der Waals surface area contributed by atoms with Crippen LogP contribution in [0.4, 0.5) is 10.1 Å². The van der Waals surface area contributed by atoms with E-state index in [0.29, 0.717) is 49.8 Å². The smallest absolute Gasteiger partial charge is 0.257 e. The summed E-state index contributed by atoms with van der Waals surface area (Å²) in [5.74, 6) is 1.05. The monoisotopic (exact) mass is 516 g/mol. The van der Waals surface area contributed by atoms with Crippen LogP contribution < -0.4 is 14.4 Å². The minimum Gasteiger partial charge on any atom is -0.497 e. The van der Waals surface area contributed by atoms with Crippen LogP contribution in [0.1, 0.15) is 29.2 Å². The lowest BCUT2D eigenvalue weighted by Gasteiger charge is -2.36. The van der Waals surface area contributed by atoms with E-state index in [9.17, 15) is 9.18 Å². The van der Waals surface area contributed by atoms with Crippen LogP contribution in [0.2, 0.25) is 0 Å². The molecular weight excluding hydrogens is 483 g/mol. The molecule has 2 aliphatic heterocycles. The van der Waals surface area contributed by atoms with E-state index in [-0.39, 0.29) is 24.3 Å². The SMILES string of the molecule is COc1ccc([C@H]2CC(c3ccc(C)cc3)=NN2C(=O)CN2CCN(c3ccccc3F)CC2)c(OC)c1. The molecule has 1 atom stereocenters. The zero-order valence-electron chi connectivity index (χ0n) is 22.1. The van der Waals surface area contributed by atoms with Crippen LogP contribution in [0.3, 0.4) is 0 Å². The van der Waals surface area contributed by atoms with Gasteiger partial charge in [-0.3, -0.25) is 9.69 Å². The predicted molar refractivity (Wildman–Crippen MR) is 147 cm³/mol. The fourth-order valence-electron chi connectivity index (χ4n) is 5.12. The third kappa shape index (κ3) is 5.36. The van der Waals surface area contributed by atoms with Gasteiger partial charge in [0.05, 0.1) is 38.2 Å². The van der Waals surface area contributed by atoms with Gasteiger partial charge in [0.25, 0.3) is 5.91 Å². The van der Waals surface area contributed by atoms with Gasteiger partial charge in [-0.2, -0.15) is 5.10 Å². The molecule has 0 spiro atoms. The first-order valence-electron chi connectivity index (χ1n) is 12.9. The van der Waals surface area contributed by atoms with Crippen molar-refractivity contribution in [3.8, 4) is 11.5 Å². The average Bonchev–Trinajstić information content (AvgIpc) is 3.39. The Labute approximate surface area is 223 Å². The van der Waals surface area contributed by atoms with Gasteiger partial charge in [-0.1, -0.05) is 42.0 Å². The number of aryl methyl sites for hydroxylation is 1. The highest BCUT2D eigenvalue weighted by Gasteiger charge is 2.36. The van der Waals surface area contributed by atoms with Crippen molar-refractivity contribution >= 4 is 17.3 Å². The second kappa shape index (κ2) is 11.2. The maximum atomic E-state index is 14.2. The molecule has 0 unspecified atom stereocenters. The van der Waals surface area contributed by atoms with Crippen molar-refractivity contribution in [3.05, 3.63) is 89.2 Å². The first-order chi connectivity index (χ1) is 18.5. The Bertz CT molecular complexity index is 1320. The molecule has 8 heteroatoms. The van der Waals surface area contributed by atoms with Crippen LogP contribution in [0.5, 0.6) is 11.5 Å². The van der Waals surface area contributed by atoms with Crippen LogP contribution in [-0.2, 0) is 4.79 Å². The molecule has 3 aromatic carbocycles. The van der Waals surface area contributed by atoms with Gasteiger partial charge in [-0.15, -0.1) is 0 Å². The summed E-state index contributed by atoms with van der Waals surface area (Å²) in [5.41, 5.74) is 4.53. The summed E-state index contributed by atoms with van der Waals surface area (Å²) in [6, 6.07) is 20.4. The fourth-order valence-corrected chi connectivity index (χ4v) is 5.12. The average molecular weight is 517 g/mol. The Kier molecular flexibility index (Phi) is 7.60. The maximum Gasteiger partial charge on any atom is 0.257 e. The van der Waals surface area contributed by atoms with Gasteiger partial charge < -0.3 is 14.4 Å². The summed E-state index contributed by atoms with van der Waals surface area (Å²) in [6.45, 7) is 4.93. The molecule has 0 aromatic heterocycles. The number of para-hydroxylation sites is 1. The number of carbonyl (C=O) groups excluding carboxylic acids is 1. The first-order valence-corrected chi connectivity index (χ1v) is 12.9. The molecule has 0 radical (unpaired) electrons. The fraction of sp³-hybridized carbons (Fsp3) is 0.333. The van der Waals surface area contributed by atoms with Gasteiger partial charge in [0.2, 0.25) is 0 Å². The summed E-state index contributed by atoms with van der Waals surface area (Å²) >= 11 is 0. The van der Waals surface area contributed by atoms with E-state index in [2.05, 4.69) is 17.0 Å². The third-order valence-electron chi connectivity index (χ3n) is 7.27. The number of carbonyl (C=O) groups is 1. The number of hydrazone groups is 1. The quantitative estimate of drug-likeness (QED) is 0.458. The molecule has 7 nitrogen and oxygen atoms in total. The van der Waals surface area contributed by atoms with E-state index in [4.69, 9.17) is 14.6 Å². The van der Waals surface area contributed by atoms with E-state index in [0.717, 1.165) is 16.8 Å². The lowest BCUT2D eigenvalue weighted by molar-refractivity contribution is -0.134. The molecular formula is C30H33FN4O3. The minimum atomic E-state index is -0.292. The molecule has 1 saturated heterocycles. The first kappa shape index (κ1) is 25.7. The summed E-state index contributed by atoms with van der Waals surface area (Å²) in [7, 11) is 3.24. The second-order valence-corrected chi connectivity index (χ2v) is 9.69. The van der Waals surface area contributed by atoms with Gasteiger partial charge in [-0.05, 0) is 36.8 Å². The Morgan fingerprint density at radius 2 is 1.71 bits per heavy atom. The topological polar surface area (TPSA) is 57.6 Å². The van der Waals surface area contributed by atoms with Crippen molar-refractivity contribution in [2.24, 2.45) is 5.10 Å². The van der Waals surface area contributed by atoms with Gasteiger partial charge in [0.1, 0.15) is 17.3 Å². The molecule has 1 fully saturated rings. The van der Waals surface area contributed by atoms with Gasteiger partial charge in [-0.25, -0.2) is 9.40 Å². The number of nitrogens with zero attached hydrogens (tertiary/aromatic N) is 4. The Hall–Kier alpha value is -3.91. The molecule has 2 heterocycles. The summed E-state index contributed by atoms with van der Waals surface area (Å²) < 4.78 is 25.3. The van der Waals surface area contributed by atoms with Crippen molar-refractivity contribution < 1.29 is 18.7 Å². The molecule has 198 valence electrons. The number of methoxy groups -OCH3 is 2. The largest absolute Gasteiger partial charge is 0.497 e. The van der Waals surface area contributed by atoms with Crippen molar-refractivity contribution in [2.75, 3.05) is 51.8 Å². The lowest BCUT2D eigenvalue weighted by Crippen LogP contribution is -2.49. The van der Waals surface area contributed by atoms with Crippen LogP contribution >= 0.6 is 0 Å². The number of ether oxygens (including phenoxy) is 2. The standard InChI is InChI=1S/C30H33FN4O3/c1-21-8-10-22(11-9-21)26-19-28(24-13-12-23(37-2)18-29(24)38-3)35(32-26)30(36)20-33-14-16-34(17-15-33)27-7-5-4-6-25(27)31/h4-13,18,28H,14-17,19-20H2,1-3H3/t28-/m1/s1. The van der Waals surface area contributed by atoms with Gasteiger partial charge >= 0.3 is 0 Å². The zero-order valence-corrected chi connectivity index (χ0v) is 22.1. The van der Waals surface area contributed by atoms with Crippen LogP contribution in [0.25, 0.3) is 0 Å². The predicted octanol–water partition coefficient (Wildman–Crippen LogP) is 4.65. The molecule has 2 aliphatic rings. The normalized spacial score (nSPS) is 17.9. The van der Waals surface area contributed by atoms with E-state index in [1.807, 2.05) is 48.2 Å². The number of hydrogen-bond acceptors (Lipinski definition) is 6. The molecule has 5 rings (SSSR count). The third-order valence-corrected chi connectivity index (χ3v) is 7.27. The van der Waals surface area contributed by atoms with Crippen LogP contribution in [0, 0.1) is 12.7 Å². The Morgan fingerprint density at radius 1 is 0.974 bits per heavy atom. The molecule has 0 saturated carbocycles. The highest BCUT2D eigenvalue weighted by Crippen LogP contribution is 2.39. The number of piperazine rings is 1. The van der Waals surface area contributed by atoms with E-state index >= 15 is 0 Å². The van der Waals surface area contributed by atoms with Gasteiger partial charge in [0, 0.05) is 44.2 Å². The number of benzene rings is 3. The lowest BCUT2D eigenvalue weighted by atomic mass is 9.97. The van der Waals surface area contributed by atoms with Crippen molar-refractivity contribution in [2.45, 2.75) is 19.4 Å². The highest BCUT2D eigenvalue weighted by molar-refractivity contribution is 6.03. The summed E-state index contributed by atoms with van der Waals surface area (Å²) in [6.07, 6.45) is 0.582. The molecule has 3 aromatic rings. The molecule has 0 N–H and O–H groups in total. The van der Waals surface area contributed by atoms with Crippen LogP contribution in [0.15, 0.2) is 71.8 Å². The van der Waals surface area contributed by atoms with Crippen LogP contribution in [-0.4, -0.2) is 68.5 Å². The number of anilines is 1. The molecule has 0 aliphatic carbocycles. The Balaban J connectivity index is 1.35. The van der Waals surface area contributed by atoms with Crippen molar-refractivity contribution in [1.29, 1.82) is 0 Å². The highest BCUT2D eigenvalue weighted by atomic mass is 19.1. The second-order valence-electron chi connectivity index (χ2n) is 9.69. The Morgan fingerprint density at radius 3 is 2.39 bits per heavy atom. The maximum absolute atomic E-state index is 14.2. The zero-order chi connectivity index (χ0) is 26.6. The van der Waals surface area contributed by atoms with Gasteiger partial charge in [0.15, 0.2) is 0 Å². The molecule has 1 amide bonds. The number of amides is 1. The number of hydrogen-bond donors (Lipinski definition) is 0. The van der Waals surface area contributed by atoms with E-state index < -0.39 is 0 Å². The molecule has 0 bridgehead atoms. The van der Waals surface area contributed by atoms with E-state index in [1.54, 1.807) is 31.4 Å². The van der Waals surface area contributed by atoms with Crippen molar-refractivity contribution in [1.82, 2.24) is 9.91 Å². The van der Waals surface area contributed by atoms with Crippen molar-refractivity contribution in [3.63, 3.8) is 0 Å². The minimum absolute atomic E-state index is 0.0747. The van der Waals surface area contributed by atoms with E-state index in [1.165, 1.54) is 11.6 Å². The summed E-state index contributed by atoms with van der Waals surface area (Å²) in [4.78, 5) is 17.8.